The fraction of sp³-hybridized carbons (Fsp3) is 0.636. The van der Waals surface area contributed by atoms with Crippen molar-refractivity contribution in [3.63, 3.8) is 0 Å². The zero-order chi connectivity index (χ0) is 21.2. The third-order valence-corrected chi connectivity index (χ3v) is 5.38. The lowest BCUT2D eigenvalue weighted by molar-refractivity contribution is -0.151. The molecule has 0 saturated carbocycles. The van der Waals surface area contributed by atoms with Gasteiger partial charge in [-0.15, -0.1) is 0 Å². The van der Waals surface area contributed by atoms with E-state index in [4.69, 9.17) is 9.47 Å². The van der Waals surface area contributed by atoms with Crippen LogP contribution in [-0.2, 0) is 14.3 Å². The molecule has 2 aliphatic rings. The molecule has 0 aliphatic carbocycles. The number of carbonyl (C=O) groups excluding carboxylic acids is 2. The molecule has 3 atom stereocenters. The topological polar surface area (TPSA) is 79.3 Å². The molecule has 2 amide bonds. The second kappa shape index (κ2) is 8.81. The monoisotopic (exact) mass is 404 g/mol. The highest BCUT2D eigenvalue weighted by atomic mass is 16.5. The van der Waals surface area contributed by atoms with Crippen LogP contribution < -0.4 is 4.90 Å². The zero-order valence-electron chi connectivity index (χ0n) is 17.8. The molecule has 29 heavy (non-hydrogen) atoms. The van der Waals surface area contributed by atoms with E-state index in [2.05, 4.69) is 6.92 Å². The first kappa shape index (κ1) is 21.7. The van der Waals surface area contributed by atoms with Gasteiger partial charge in [0.25, 0.3) is 11.8 Å². The van der Waals surface area contributed by atoms with Crippen LogP contribution in [0.15, 0.2) is 24.3 Å². The van der Waals surface area contributed by atoms with Crippen LogP contribution in [0.3, 0.4) is 0 Å². The van der Waals surface area contributed by atoms with Gasteiger partial charge in [0.1, 0.15) is 6.10 Å². The number of hydrogen-bond acceptors (Lipinski definition) is 5. The molecule has 1 aromatic carbocycles. The molecule has 0 spiro atoms. The lowest BCUT2D eigenvalue weighted by Crippen LogP contribution is -2.54. The van der Waals surface area contributed by atoms with E-state index in [1.165, 1.54) is 0 Å². The van der Waals surface area contributed by atoms with Crippen molar-refractivity contribution in [3.05, 3.63) is 29.8 Å². The Labute approximate surface area is 172 Å². The van der Waals surface area contributed by atoms with E-state index in [-0.39, 0.29) is 24.5 Å². The third-order valence-electron chi connectivity index (χ3n) is 5.38. The molecule has 2 fully saturated rings. The number of benzene rings is 1. The lowest BCUT2D eigenvalue weighted by atomic mass is 10.1. The maximum atomic E-state index is 13.0. The van der Waals surface area contributed by atoms with Gasteiger partial charge in [0, 0.05) is 30.4 Å². The van der Waals surface area contributed by atoms with Gasteiger partial charge in [-0.3, -0.25) is 9.59 Å². The number of hydrogen-bond donors (Lipinski definition) is 1. The molecule has 2 heterocycles. The minimum Gasteiger partial charge on any atom is -0.387 e. The first-order valence-corrected chi connectivity index (χ1v) is 10.3. The first-order valence-electron chi connectivity index (χ1n) is 10.3. The maximum absolute atomic E-state index is 13.0. The highest BCUT2D eigenvalue weighted by molar-refractivity contribution is 6.00. The van der Waals surface area contributed by atoms with Gasteiger partial charge in [0.05, 0.1) is 18.8 Å². The number of morpholine rings is 1. The van der Waals surface area contributed by atoms with Crippen LogP contribution in [0.25, 0.3) is 0 Å². The Bertz CT molecular complexity index is 745. The SMILES string of the molecule is CC1CCCN1C(=O)c1cccc(N2CCOC(C(O)COC(C)(C)C)C2=O)c1. The van der Waals surface area contributed by atoms with Crippen LogP contribution in [0, 0.1) is 0 Å². The molecule has 1 aromatic rings. The Morgan fingerprint density at radius 2 is 2.10 bits per heavy atom. The Hall–Kier alpha value is -1.96. The van der Waals surface area contributed by atoms with Crippen LogP contribution >= 0.6 is 0 Å². The van der Waals surface area contributed by atoms with Crippen molar-refractivity contribution in [2.24, 2.45) is 0 Å². The summed E-state index contributed by atoms with van der Waals surface area (Å²) in [6.45, 7) is 9.19. The summed E-state index contributed by atoms with van der Waals surface area (Å²) in [7, 11) is 0. The number of aliphatic hydroxyl groups excluding tert-OH is 1. The molecule has 160 valence electrons. The van der Waals surface area contributed by atoms with Crippen LogP contribution in [0.4, 0.5) is 5.69 Å². The number of anilines is 1. The summed E-state index contributed by atoms with van der Waals surface area (Å²) in [5.74, 6) is -0.326. The summed E-state index contributed by atoms with van der Waals surface area (Å²) in [5, 5.41) is 10.4. The van der Waals surface area contributed by atoms with Crippen molar-refractivity contribution in [1.29, 1.82) is 0 Å². The van der Waals surface area contributed by atoms with Gasteiger partial charge in [0.15, 0.2) is 6.10 Å². The van der Waals surface area contributed by atoms with Crippen molar-refractivity contribution >= 4 is 17.5 Å². The number of nitrogens with zero attached hydrogens (tertiary/aromatic N) is 2. The van der Waals surface area contributed by atoms with E-state index in [1.807, 2.05) is 31.7 Å². The van der Waals surface area contributed by atoms with Crippen molar-refractivity contribution in [2.45, 2.75) is 64.4 Å². The van der Waals surface area contributed by atoms with E-state index in [9.17, 15) is 14.7 Å². The van der Waals surface area contributed by atoms with E-state index in [1.54, 1.807) is 23.1 Å². The molecule has 7 heteroatoms. The maximum Gasteiger partial charge on any atom is 0.258 e. The molecule has 2 aliphatic heterocycles. The summed E-state index contributed by atoms with van der Waals surface area (Å²) in [5.41, 5.74) is 0.799. The molecular weight excluding hydrogens is 372 g/mol. The predicted octanol–water partition coefficient (Wildman–Crippen LogP) is 2.22. The smallest absolute Gasteiger partial charge is 0.258 e. The zero-order valence-corrected chi connectivity index (χ0v) is 17.8. The van der Waals surface area contributed by atoms with Crippen LogP contribution in [-0.4, -0.2) is 72.0 Å². The first-order chi connectivity index (χ1) is 13.7. The largest absolute Gasteiger partial charge is 0.387 e. The fourth-order valence-corrected chi connectivity index (χ4v) is 3.77. The fourth-order valence-electron chi connectivity index (χ4n) is 3.77. The minimum atomic E-state index is -1.06. The summed E-state index contributed by atoms with van der Waals surface area (Å²) in [4.78, 5) is 29.3. The predicted molar refractivity (Wildman–Crippen MR) is 110 cm³/mol. The van der Waals surface area contributed by atoms with Crippen LogP contribution in [0.5, 0.6) is 0 Å². The third kappa shape index (κ3) is 5.15. The summed E-state index contributed by atoms with van der Waals surface area (Å²) >= 11 is 0. The molecule has 3 unspecified atom stereocenters. The molecule has 0 aromatic heterocycles. The van der Waals surface area contributed by atoms with Crippen molar-refractivity contribution in [2.75, 3.05) is 31.2 Å². The van der Waals surface area contributed by atoms with Crippen LogP contribution in [0.1, 0.15) is 50.9 Å². The van der Waals surface area contributed by atoms with Gasteiger partial charge in [-0.2, -0.15) is 0 Å². The normalized spacial score (nSPS) is 24.1. The number of rotatable bonds is 5. The van der Waals surface area contributed by atoms with Gasteiger partial charge in [-0.1, -0.05) is 6.07 Å². The average molecular weight is 405 g/mol. The quantitative estimate of drug-likeness (QED) is 0.814. The average Bonchev–Trinajstić information content (AvgIpc) is 3.11. The van der Waals surface area contributed by atoms with Gasteiger partial charge >= 0.3 is 0 Å². The highest BCUT2D eigenvalue weighted by Crippen LogP contribution is 2.25. The van der Waals surface area contributed by atoms with E-state index in [0.717, 1.165) is 19.4 Å². The van der Waals surface area contributed by atoms with Gasteiger partial charge in [-0.05, 0) is 58.7 Å². The van der Waals surface area contributed by atoms with E-state index in [0.29, 0.717) is 24.4 Å². The Kier molecular flexibility index (Phi) is 6.61. The highest BCUT2D eigenvalue weighted by Gasteiger charge is 2.37. The molecule has 2 saturated heterocycles. The Balaban J connectivity index is 1.73. The molecule has 0 radical (unpaired) electrons. The summed E-state index contributed by atoms with van der Waals surface area (Å²) in [6.07, 6.45) is -0.00205. The molecule has 7 nitrogen and oxygen atoms in total. The molecule has 3 rings (SSSR count). The van der Waals surface area contributed by atoms with Gasteiger partial charge in [0.2, 0.25) is 0 Å². The number of aliphatic hydroxyl groups is 1. The van der Waals surface area contributed by atoms with Gasteiger partial charge in [-0.25, -0.2) is 0 Å². The number of likely N-dealkylation sites (tertiary alicyclic amines) is 1. The standard InChI is InChI=1S/C22H32N2O5/c1-15-7-6-10-23(15)20(26)16-8-5-9-17(13-16)24-11-12-28-19(21(24)27)18(25)14-29-22(2,3)4/h5,8-9,13,15,18-19,25H,6-7,10-12,14H2,1-4H3. The number of amides is 2. The summed E-state index contributed by atoms with van der Waals surface area (Å²) in [6, 6.07) is 7.37. The van der Waals surface area contributed by atoms with Crippen molar-refractivity contribution < 1.29 is 24.2 Å². The van der Waals surface area contributed by atoms with E-state index >= 15 is 0 Å². The number of carbonyl (C=O) groups is 2. The Morgan fingerprint density at radius 1 is 1.34 bits per heavy atom. The molecular formula is C22H32N2O5. The molecule has 0 bridgehead atoms. The molecule has 1 N–H and O–H groups in total. The van der Waals surface area contributed by atoms with Crippen molar-refractivity contribution in [3.8, 4) is 0 Å². The summed E-state index contributed by atoms with van der Waals surface area (Å²) < 4.78 is 11.1. The van der Waals surface area contributed by atoms with Gasteiger partial charge < -0.3 is 24.4 Å². The second-order valence-electron chi connectivity index (χ2n) is 8.81. The van der Waals surface area contributed by atoms with E-state index < -0.39 is 17.8 Å². The number of ether oxygens (including phenoxy) is 2. The second-order valence-corrected chi connectivity index (χ2v) is 8.81. The van der Waals surface area contributed by atoms with Crippen molar-refractivity contribution in [1.82, 2.24) is 4.90 Å². The minimum absolute atomic E-state index is 0.00674. The lowest BCUT2D eigenvalue weighted by Gasteiger charge is -2.35. The van der Waals surface area contributed by atoms with Crippen LogP contribution in [0.2, 0.25) is 0 Å². The Morgan fingerprint density at radius 3 is 2.76 bits per heavy atom.